The van der Waals surface area contributed by atoms with Crippen molar-refractivity contribution < 1.29 is 4.74 Å². The molecule has 3 heteroatoms. The van der Waals surface area contributed by atoms with Gasteiger partial charge < -0.3 is 10.1 Å². The fourth-order valence-electron chi connectivity index (χ4n) is 1.92. The minimum absolute atomic E-state index is 0.230. The first-order chi connectivity index (χ1) is 6.57. The molecule has 2 unspecified atom stereocenters. The Morgan fingerprint density at radius 3 is 2.71 bits per heavy atom. The molecule has 2 rings (SSSR count). The second-order valence-electron chi connectivity index (χ2n) is 5.35. The molecule has 0 saturated carbocycles. The number of rotatable bonds is 1. The summed E-state index contributed by atoms with van der Waals surface area (Å²) >= 11 is 0. The van der Waals surface area contributed by atoms with Gasteiger partial charge in [0.2, 0.25) is 0 Å². The fourth-order valence-corrected chi connectivity index (χ4v) is 1.92. The molecule has 3 nitrogen and oxygen atoms in total. The van der Waals surface area contributed by atoms with Gasteiger partial charge in [0.25, 0.3) is 0 Å². The third-order valence-electron chi connectivity index (χ3n) is 3.08. The van der Waals surface area contributed by atoms with Crippen LogP contribution in [0.15, 0.2) is 4.99 Å². The molecule has 2 aliphatic heterocycles. The van der Waals surface area contributed by atoms with E-state index in [9.17, 15) is 0 Å². The zero-order valence-corrected chi connectivity index (χ0v) is 9.34. The van der Waals surface area contributed by atoms with Crippen LogP contribution in [0.25, 0.3) is 0 Å². The van der Waals surface area contributed by atoms with Crippen molar-refractivity contribution in [2.45, 2.75) is 33.2 Å². The van der Waals surface area contributed by atoms with Crippen molar-refractivity contribution >= 4 is 5.90 Å². The molecule has 0 bridgehead atoms. The number of nitrogens with one attached hydrogen (secondary N) is 1. The van der Waals surface area contributed by atoms with Crippen LogP contribution >= 0.6 is 0 Å². The third-order valence-corrected chi connectivity index (χ3v) is 3.08. The average Bonchev–Trinajstić information content (AvgIpc) is 2.73. The van der Waals surface area contributed by atoms with E-state index < -0.39 is 0 Å². The minimum atomic E-state index is 0.230. The Kier molecular flexibility index (Phi) is 2.52. The second kappa shape index (κ2) is 3.54. The highest BCUT2D eigenvalue weighted by Gasteiger charge is 2.33. The Morgan fingerprint density at radius 2 is 2.21 bits per heavy atom. The molecule has 1 N–H and O–H groups in total. The van der Waals surface area contributed by atoms with Crippen LogP contribution in [0.3, 0.4) is 0 Å². The van der Waals surface area contributed by atoms with E-state index in [0.29, 0.717) is 12.0 Å². The van der Waals surface area contributed by atoms with E-state index in [-0.39, 0.29) is 5.41 Å². The number of aliphatic imine (C=N–C) groups is 1. The third kappa shape index (κ3) is 1.92. The zero-order chi connectivity index (χ0) is 10.2. The van der Waals surface area contributed by atoms with Crippen molar-refractivity contribution in [3.05, 3.63) is 0 Å². The van der Waals surface area contributed by atoms with Crippen molar-refractivity contribution in [1.29, 1.82) is 0 Å². The lowest BCUT2D eigenvalue weighted by molar-refractivity contribution is 0.229. The summed E-state index contributed by atoms with van der Waals surface area (Å²) in [6.45, 7) is 9.58. The maximum atomic E-state index is 5.69. The Hall–Kier alpha value is -0.570. The maximum Gasteiger partial charge on any atom is 0.188 e. The van der Waals surface area contributed by atoms with E-state index >= 15 is 0 Å². The summed E-state index contributed by atoms with van der Waals surface area (Å²) in [4.78, 5) is 4.70. The number of nitrogens with zero attached hydrogens (tertiary/aromatic N) is 1. The summed E-state index contributed by atoms with van der Waals surface area (Å²) in [6.07, 6.45) is 1.18. The van der Waals surface area contributed by atoms with E-state index in [2.05, 4.69) is 26.1 Å². The molecule has 2 atom stereocenters. The normalized spacial score (nSPS) is 32.9. The summed E-state index contributed by atoms with van der Waals surface area (Å²) in [6, 6.07) is 0.345. The Balaban J connectivity index is 2.01. The predicted molar refractivity (Wildman–Crippen MR) is 57.6 cm³/mol. The lowest BCUT2D eigenvalue weighted by Crippen LogP contribution is -2.25. The average molecular weight is 196 g/mol. The molecule has 0 aliphatic carbocycles. The van der Waals surface area contributed by atoms with Crippen molar-refractivity contribution in [2.24, 2.45) is 16.3 Å². The van der Waals surface area contributed by atoms with E-state index in [1.807, 2.05) is 0 Å². The first-order valence-electron chi connectivity index (χ1n) is 5.48. The monoisotopic (exact) mass is 196 g/mol. The molecular formula is C11H20N2O. The SMILES string of the molecule is CC(C)(C)C1COC(C2CCNC2)=N1. The lowest BCUT2D eigenvalue weighted by Gasteiger charge is -2.21. The first-order valence-corrected chi connectivity index (χ1v) is 5.48. The molecule has 0 aromatic carbocycles. The molecule has 1 saturated heterocycles. The van der Waals surface area contributed by atoms with Crippen molar-refractivity contribution in [2.75, 3.05) is 19.7 Å². The smallest absolute Gasteiger partial charge is 0.188 e. The number of hydrogen-bond acceptors (Lipinski definition) is 3. The van der Waals surface area contributed by atoms with Crippen LogP contribution in [0.2, 0.25) is 0 Å². The van der Waals surface area contributed by atoms with Crippen LogP contribution < -0.4 is 5.32 Å². The first kappa shape index (κ1) is 9.97. The quantitative estimate of drug-likeness (QED) is 0.688. The summed E-state index contributed by atoms with van der Waals surface area (Å²) in [5, 5.41) is 3.34. The van der Waals surface area contributed by atoms with E-state index in [0.717, 1.165) is 25.6 Å². The van der Waals surface area contributed by atoms with Crippen LogP contribution in [0, 0.1) is 11.3 Å². The van der Waals surface area contributed by atoms with E-state index in [1.165, 1.54) is 6.42 Å². The fraction of sp³-hybridized carbons (Fsp3) is 0.909. The van der Waals surface area contributed by atoms with Gasteiger partial charge in [0.1, 0.15) is 6.61 Å². The summed E-state index contributed by atoms with van der Waals surface area (Å²) < 4.78 is 5.69. The van der Waals surface area contributed by atoms with Crippen LogP contribution in [-0.2, 0) is 4.74 Å². The summed E-state index contributed by atoms with van der Waals surface area (Å²) in [5.74, 6) is 1.53. The molecule has 0 amide bonds. The van der Waals surface area contributed by atoms with Gasteiger partial charge in [-0.1, -0.05) is 20.8 Å². The molecule has 0 spiro atoms. The molecule has 0 aromatic rings. The zero-order valence-electron chi connectivity index (χ0n) is 9.34. The van der Waals surface area contributed by atoms with E-state index in [1.54, 1.807) is 0 Å². The van der Waals surface area contributed by atoms with Crippen LogP contribution in [0.4, 0.5) is 0 Å². The standard InChI is InChI=1S/C11H20N2O/c1-11(2,3)9-7-14-10(13-9)8-4-5-12-6-8/h8-9,12H,4-7H2,1-3H3. The summed E-state index contributed by atoms with van der Waals surface area (Å²) in [5.41, 5.74) is 0.230. The van der Waals surface area contributed by atoms with Gasteiger partial charge in [0.15, 0.2) is 5.90 Å². The molecule has 1 fully saturated rings. The maximum absolute atomic E-state index is 5.69. The largest absolute Gasteiger partial charge is 0.478 e. The molecular weight excluding hydrogens is 176 g/mol. The summed E-state index contributed by atoms with van der Waals surface area (Å²) in [7, 11) is 0. The molecule has 80 valence electrons. The Morgan fingerprint density at radius 1 is 1.43 bits per heavy atom. The topological polar surface area (TPSA) is 33.6 Å². The minimum Gasteiger partial charge on any atom is -0.478 e. The molecule has 2 aliphatic rings. The molecule has 14 heavy (non-hydrogen) atoms. The van der Waals surface area contributed by atoms with Crippen molar-refractivity contribution in [3.8, 4) is 0 Å². The number of hydrogen-bond donors (Lipinski definition) is 1. The second-order valence-corrected chi connectivity index (χ2v) is 5.35. The van der Waals surface area contributed by atoms with Crippen molar-refractivity contribution in [1.82, 2.24) is 5.32 Å². The van der Waals surface area contributed by atoms with Gasteiger partial charge in [0.05, 0.1) is 6.04 Å². The number of ether oxygens (including phenoxy) is 1. The van der Waals surface area contributed by atoms with Crippen LogP contribution in [-0.4, -0.2) is 31.6 Å². The van der Waals surface area contributed by atoms with Crippen LogP contribution in [0.1, 0.15) is 27.2 Å². The predicted octanol–water partition coefficient (Wildman–Crippen LogP) is 1.44. The van der Waals surface area contributed by atoms with E-state index in [4.69, 9.17) is 9.73 Å². The Labute approximate surface area is 85.9 Å². The Bertz CT molecular complexity index is 236. The van der Waals surface area contributed by atoms with Gasteiger partial charge in [-0.15, -0.1) is 0 Å². The highest BCUT2D eigenvalue weighted by atomic mass is 16.5. The van der Waals surface area contributed by atoms with Gasteiger partial charge >= 0.3 is 0 Å². The molecule has 2 heterocycles. The molecule has 0 radical (unpaired) electrons. The van der Waals surface area contributed by atoms with Gasteiger partial charge in [-0.2, -0.15) is 0 Å². The lowest BCUT2D eigenvalue weighted by atomic mass is 9.88. The van der Waals surface area contributed by atoms with Gasteiger partial charge in [-0.25, -0.2) is 4.99 Å². The van der Waals surface area contributed by atoms with Gasteiger partial charge in [-0.05, 0) is 18.4 Å². The van der Waals surface area contributed by atoms with Gasteiger partial charge in [0, 0.05) is 12.5 Å². The van der Waals surface area contributed by atoms with Crippen molar-refractivity contribution in [3.63, 3.8) is 0 Å². The highest BCUT2D eigenvalue weighted by molar-refractivity contribution is 5.80. The van der Waals surface area contributed by atoms with Crippen LogP contribution in [0.5, 0.6) is 0 Å². The van der Waals surface area contributed by atoms with Gasteiger partial charge in [-0.3, -0.25) is 0 Å². The molecule has 0 aromatic heterocycles. The highest BCUT2D eigenvalue weighted by Crippen LogP contribution is 2.28.